The van der Waals surface area contributed by atoms with Crippen LogP contribution in [0.5, 0.6) is 0 Å². The van der Waals surface area contributed by atoms with Crippen molar-refractivity contribution in [3.05, 3.63) is 17.5 Å². The molecule has 88 valence electrons. The SMILES string of the molecule is CC1CCC(N(C)c2ccnc(Cl)n2)CC1. The molecule has 0 radical (unpaired) electrons. The lowest BCUT2D eigenvalue weighted by molar-refractivity contribution is 0.340. The minimum atomic E-state index is 0.327. The Morgan fingerprint density at radius 1 is 1.31 bits per heavy atom. The van der Waals surface area contributed by atoms with Crippen LogP contribution in [0.3, 0.4) is 0 Å². The lowest BCUT2D eigenvalue weighted by Gasteiger charge is -2.34. The molecule has 1 heterocycles. The van der Waals surface area contributed by atoms with E-state index in [1.807, 2.05) is 6.07 Å². The van der Waals surface area contributed by atoms with E-state index in [4.69, 9.17) is 11.6 Å². The van der Waals surface area contributed by atoms with Gasteiger partial charge in [-0.3, -0.25) is 0 Å². The minimum Gasteiger partial charge on any atom is -0.357 e. The van der Waals surface area contributed by atoms with Crippen LogP contribution in [0, 0.1) is 5.92 Å². The van der Waals surface area contributed by atoms with Crippen LogP contribution in [-0.4, -0.2) is 23.1 Å². The summed E-state index contributed by atoms with van der Waals surface area (Å²) in [5.74, 6) is 1.80. The highest BCUT2D eigenvalue weighted by Gasteiger charge is 2.22. The van der Waals surface area contributed by atoms with Crippen molar-refractivity contribution < 1.29 is 0 Å². The lowest BCUT2D eigenvalue weighted by atomic mass is 9.87. The van der Waals surface area contributed by atoms with Gasteiger partial charge < -0.3 is 4.90 Å². The summed E-state index contributed by atoms with van der Waals surface area (Å²) in [5, 5.41) is 0.327. The van der Waals surface area contributed by atoms with E-state index in [1.165, 1.54) is 25.7 Å². The van der Waals surface area contributed by atoms with Crippen molar-refractivity contribution in [3.8, 4) is 0 Å². The van der Waals surface area contributed by atoms with Gasteiger partial charge in [-0.05, 0) is 49.3 Å². The molecule has 1 aliphatic carbocycles. The molecule has 0 atom stereocenters. The van der Waals surface area contributed by atoms with Crippen molar-refractivity contribution in [2.45, 2.75) is 38.6 Å². The van der Waals surface area contributed by atoms with Crippen molar-refractivity contribution in [2.24, 2.45) is 5.92 Å². The highest BCUT2D eigenvalue weighted by molar-refractivity contribution is 6.28. The predicted molar refractivity (Wildman–Crippen MR) is 66.9 cm³/mol. The summed E-state index contributed by atoms with van der Waals surface area (Å²) in [6, 6.07) is 2.52. The molecule has 4 heteroatoms. The smallest absolute Gasteiger partial charge is 0.224 e. The average Bonchev–Trinajstić information content (AvgIpc) is 2.29. The van der Waals surface area contributed by atoms with E-state index in [9.17, 15) is 0 Å². The molecule has 0 saturated heterocycles. The van der Waals surface area contributed by atoms with Gasteiger partial charge in [0.1, 0.15) is 5.82 Å². The molecular formula is C12H18ClN3. The quantitative estimate of drug-likeness (QED) is 0.743. The van der Waals surface area contributed by atoms with Crippen molar-refractivity contribution in [2.75, 3.05) is 11.9 Å². The van der Waals surface area contributed by atoms with Crippen molar-refractivity contribution in [1.29, 1.82) is 0 Å². The third kappa shape index (κ3) is 2.64. The normalized spacial score (nSPS) is 25.4. The molecule has 16 heavy (non-hydrogen) atoms. The van der Waals surface area contributed by atoms with Gasteiger partial charge in [-0.1, -0.05) is 6.92 Å². The maximum absolute atomic E-state index is 5.80. The first-order valence-electron chi connectivity index (χ1n) is 5.88. The fourth-order valence-corrected chi connectivity index (χ4v) is 2.48. The van der Waals surface area contributed by atoms with Crippen LogP contribution in [0.4, 0.5) is 5.82 Å². The number of hydrogen-bond donors (Lipinski definition) is 0. The topological polar surface area (TPSA) is 29.0 Å². The van der Waals surface area contributed by atoms with Gasteiger partial charge in [-0.15, -0.1) is 0 Å². The van der Waals surface area contributed by atoms with E-state index in [0.717, 1.165) is 11.7 Å². The molecule has 1 fully saturated rings. The zero-order valence-corrected chi connectivity index (χ0v) is 10.6. The van der Waals surface area contributed by atoms with Gasteiger partial charge in [-0.25, -0.2) is 9.97 Å². The molecule has 1 saturated carbocycles. The summed E-state index contributed by atoms with van der Waals surface area (Å²) >= 11 is 5.80. The van der Waals surface area contributed by atoms with E-state index in [-0.39, 0.29) is 0 Å². The highest BCUT2D eigenvalue weighted by atomic mass is 35.5. The lowest BCUT2D eigenvalue weighted by Crippen LogP contribution is -2.35. The second-order valence-corrected chi connectivity index (χ2v) is 5.05. The molecule has 3 nitrogen and oxygen atoms in total. The number of hydrogen-bond acceptors (Lipinski definition) is 3. The molecule has 0 aliphatic heterocycles. The van der Waals surface area contributed by atoms with Gasteiger partial charge in [0, 0.05) is 19.3 Å². The van der Waals surface area contributed by atoms with Crippen LogP contribution in [0.2, 0.25) is 5.28 Å². The monoisotopic (exact) mass is 239 g/mol. The number of aromatic nitrogens is 2. The van der Waals surface area contributed by atoms with Crippen LogP contribution in [-0.2, 0) is 0 Å². The first kappa shape index (κ1) is 11.6. The molecule has 0 aromatic carbocycles. The molecule has 0 amide bonds. The van der Waals surface area contributed by atoms with Gasteiger partial charge in [0.15, 0.2) is 0 Å². The van der Waals surface area contributed by atoms with Crippen LogP contribution in [0.25, 0.3) is 0 Å². The number of anilines is 1. The van der Waals surface area contributed by atoms with E-state index >= 15 is 0 Å². The number of nitrogens with zero attached hydrogens (tertiary/aromatic N) is 3. The third-order valence-electron chi connectivity index (χ3n) is 3.51. The molecule has 0 bridgehead atoms. The largest absolute Gasteiger partial charge is 0.357 e. The third-order valence-corrected chi connectivity index (χ3v) is 3.69. The Kier molecular flexibility index (Phi) is 3.64. The van der Waals surface area contributed by atoms with Gasteiger partial charge in [0.2, 0.25) is 5.28 Å². The molecule has 1 aromatic rings. The van der Waals surface area contributed by atoms with Crippen LogP contribution < -0.4 is 4.90 Å². The Morgan fingerprint density at radius 2 is 2.00 bits per heavy atom. The summed E-state index contributed by atoms with van der Waals surface area (Å²) in [4.78, 5) is 10.4. The van der Waals surface area contributed by atoms with Crippen molar-refractivity contribution >= 4 is 17.4 Å². The summed E-state index contributed by atoms with van der Waals surface area (Å²) < 4.78 is 0. The Labute approximate surface area is 102 Å². The van der Waals surface area contributed by atoms with Crippen molar-refractivity contribution in [3.63, 3.8) is 0 Å². The highest BCUT2D eigenvalue weighted by Crippen LogP contribution is 2.28. The molecule has 1 aliphatic rings. The van der Waals surface area contributed by atoms with E-state index in [0.29, 0.717) is 11.3 Å². The van der Waals surface area contributed by atoms with Gasteiger partial charge in [-0.2, -0.15) is 0 Å². The summed E-state index contributed by atoms with van der Waals surface area (Å²) in [7, 11) is 2.10. The van der Waals surface area contributed by atoms with E-state index < -0.39 is 0 Å². The first-order valence-corrected chi connectivity index (χ1v) is 6.26. The molecular weight excluding hydrogens is 222 g/mol. The summed E-state index contributed by atoms with van der Waals surface area (Å²) in [6.45, 7) is 2.33. The second kappa shape index (κ2) is 5.00. The zero-order chi connectivity index (χ0) is 11.5. The maximum atomic E-state index is 5.80. The standard InChI is InChI=1S/C12H18ClN3/c1-9-3-5-10(6-4-9)16(2)11-7-8-14-12(13)15-11/h7-10H,3-6H2,1-2H3. The molecule has 0 unspecified atom stereocenters. The van der Waals surface area contributed by atoms with Gasteiger partial charge >= 0.3 is 0 Å². The van der Waals surface area contributed by atoms with Gasteiger partial charge in [0.25, 0.3) is 0 Å². The summed E-state index contributed by atoms with van der Waals surface area (Å²) in [6.07, 6.45) is 6.84. The second-order valence-electron chi connectivity index (χ2n) is 4.71. The van der Waals surface area contributed by atoms with Crippen molar-refractivity contribution in [1.82, 2.24) is 9.97 Å². The molecule has 2 rings (SSSR count). The van der Waals surface area contributed by atoms with Gasteiger partial charge in [0.05, 0.1) is 0 Å². The number of rotatable bonds is 2. The van der Waals surface area contributed by atoms with E-state index in [1.54, 1.807) is 6.20 Å². The fraction of sp³-hybridized carbons (Fsp3) is 0.667. The van der Waals surface area contributed by atoms with Crippen LogP contribution >= 0.6 is 11.6 Å². The maximum Gasteiger partial charge on any atom is 0.224 e. The first-order chi connectivity index (χ1) is 7.66. The van der Waals surface area contributed by atoms with E-state index in [2.05, 4.69) is 28.8 Å². The number of halogens is 1. The Morgan fingerprint density at radius 3 is 2.62 bits per heavy atom. The Hall–Kier alpha value is -0.830. The molecule has 0 N–H and O–H groups in total. The minimum absolute atomic E-state index is 0.327. The zero-order valence-electron chi connectivity index (χ0n) is 9.86. The predicted octanol–water partition coefficient (Wildman–Crippen LogP) is 3.14. The Balaban J connectivity index is 2.04. The molecule has 0 spiro atoms. The average molecular weight is 240 g/mol. The molecule has 1 aromatic heterocycles. The fourth-order valence-electron chi connectivity index (χ4n) is 2.34. The Bertz CT molecular complexity index is 348. The summed E-state index contributed by atoms with van der Waals surface area (Å²) in [5.41, 5.74) is 0. The van der Waals surface area contributed by atoms with Crippen LogP contribution in [0.1, 0.15) is 32.6 Å². The van der Waals surface area contributed by atoms with Crippen LogP contribution in [0.15, 0.2) is 12.3 Å².